The van der Waals surface area contributed by atoms with Gasteiger partial charge >= 0.3 is 5.76 Å². The van der Waals surface area contributed by atoms with Gasteiger partial charge in [-0.3, -0.25) is 14.3 Å². The highest BCUT2D eigenvalue weighted by atomic mass is 19.1. The molecule has 0 aliphatic carbocycles. The smallest absolute Gasteiger partial charge is 0.343 e. The molecule has 158 valence electrons. The first-order chi connectivity index (χ1) is 15.5. The Morgan fingerprint density at radius 3 is 2.53 bits per heavy atom. The fourth-order valence-electron chi connectivity index (χ4n) is 3.53. The summed E-state index contributed by atoms with van der Waals surface area (Å²) in [4.78, 5) is 26.1. The zero-order valence-corrected chi connectivity index (χ0v) is 16.7. The summed E-state index contributed by atoms with van der Waals surface area (Å²) in [7, 11) is 0. The molecule has 2 aromatic heterocycles. The van der Waals surface area contributed by atoms with Crippen LogP contribution in [-0.2, 0) is 6.54 Å². The van der Waals surface area contributed by atoms with Crippen molar-refractivity contribution in [2.75, 3.05) is 5.32 Å². The number of amides is 1. The molecule has 32 heavy (non-hydrogen) atoms. The third-order valence-electron chi connectivity index (χ3n) is 5.16. The number of nitrogens with one attached hydrogen (secondary N) is 2. The van der Waals surface area contributed by atoms with Crippen molar-refractivity contribution in [1.82, 2.24) is 14.7 Å². The van der Waals surface area contributed by atoms with E-state index in [0.29, 0.717) is 23.6 Å². The van der Waals surface area contributed by atoms with Crippen molar-refractivity contribution in [1.29, 1.82) is 0 Å². The zero-order chi connectivity index (χ0) is 22.1. The number of fused-ring (bicyclic) bond motifs is 1. The molecule has 1 amide bonds. The van der Waals surface area contributed by atoms with E-state index in [0.717, 1.165) is 22.0 Å². The van der Waals surface area contributed by atoms with Crippen LogP contribution in [0.25, 0.3) is 22.3 Å². The van der Waals surface area contributed by atoms with Crippen molar-refractivity contribution in [3.8, 4) is 11.4 Å². The van der Waals surface area contributed by atoms with Gasteiger partial charge in [-0.05, 0) is 66.2 Å². The van der Waals surface area contributed by atoms with Crippen LogP contribution in [0, 0.1) is 5.82 Å². The zero-order valence-electron chi connectivity index (χ0n) is 16.7. The summed E-state index contributed by atoms with van der Waals surface area (Å²) in [5.41, 5.74) is 3.87. The topological polar surface area (TPSA) is 92.9 Å². The standard InChI is InChI=1S/C24H17FN4O3/c25-19-6-8-20(9-7-19)26-23(30)16-3-1-15(2-4-16)14-29-12-11-17-13-18(5-10-21(17)29)22-27-24(31)32-28-22/h1-13H,14H2,(H,26,30)(H,27,28,31). The van der Waals surface area contributed by atoms with Crippen molar-refractivity contribution in [2.45, 2.75) is 6.54 Å². The maximum Gasteiger partial charge on any atom is 0.439 e. The van der Waals surface area contributed by atoms with E-state index in [9.17, 15) is 14.0 Å². The lowest BCUT2D eigenvalue weighted by Crippen LogP contribution is -2.12. The van der Waals surface area contributed by atoms with Crippen LogP contribution in [0.2, 0.25) is 0 Å². The van der Waals surface area contributed by atoms with Gasteiger partial charge in [-0.1, -0.05) is 17.3 Å². The van der Waals surface area contributed by atoms with Gasteiger partial charge in [0.2, 0.25) is 0 Å². The maximum atomic E-state index is 13.0. The Morgan fingerprint density at radius 2 is 1.81 bits per heavy atom. The van der Waals surface area contributed by atoms with E-state index in [1.165, 1.54) is 24.3 Å². The minimum absolute atomic E-state index is 0.256. The molecule has 0 fully saturated rings. The molecule has 0 saturated heterocycles. The molecule has 0 saturated carbocycles. The second-order valence-corrected chi connectivity index (χ2v) is 7.32. The summed E-state index contributed by atoms with van der Waals surface area (Å²) in [6, 6.07) is 20.7. The first-order valence-electron chi connectivity index (χ1n) is 9.86. The average Bonchev–Trinajstić information content (AvgIpc) is 3.42. The number of aromatic amines is 1. The Hall–Kier alpha value is -4.46. The normalized spacial score (nSPS) is 11.0. The van der Waals surface area contributed by atoms with Crippen molar-refractivity contribution in [2.24, 2.45) is 0 Å². The molecule has 0 unspecified atom stereocenters. The number of hydrogen-bond donors (Lipinski definition) is 2. The number of anilines is 1. The molecule has 0 spiro atoms. The number of aromatic nitrogens is 3. The van der Waals surface area contributed by atoms with Crippen LogP contribution in [0.5, 0.6) is 0 Å². The van der Waals surface area contributed by atoms with Crippen LogP contribution in [0.4, 0.5) is 10.1 Å². The minimum atomic E-state index is -0.590. The van der Waals surface area contributed by atoms with Crippen molar-refractivity contribution in [3.63, 3.8) is 0 Å². The summed E-state index contributed by atoms with van der Waals surface area (Å²) in [5.74, 6) is -0.811. The second kappa shape index (κ2) is 7.99. The van der Waals surface area contributed by atoms with E-state index in [4.69, 9.17) is 0 Å². The number of hydrogen-bond acceptors (Lipinski definition) is 4. The molecular formula is C24H17FN4O3. The molecule has 0 radical (unpaired) electrons. The number of rotatable bonds is 5. The van der Waals surface area contributed by atoms with Gasteiger partial charge in [0.25, 0.3) is 5.91 Å². The van der Waals surface area contributed by atoms with E-state index in [2.05, 4.69) is 24.5 Å². The third kappa shape index (κ3) is 3.93. The molecule has 2 heterocycles. The average molecular weight is 428 g/mol. The fourth-order valence-corrected chi connectivity index (χ4v) is 3.53. The highest BCUT2D eigenvalue weighted by molar-refractivity contribution is 6.04. The summed E-state index contributed by atoms with van der Waals surface area (Å²) in [5, 5.41) is 7.47. The third-order valence-corrected chi connectivity index (χ3v) is 5.16. The minimum Gasteiger partial charge on any atom is -0.343 e. The van der Waals surface area contributed by atoms with Crippen LogP contribution in [0.3, 0.4) is 0 Å². The van der Waals surface area contributed by atoms with Gasteiger partial charge in [0.1, 0.15) is 5.82 Å². The second-order valence-electron chi connectivity index (χ2n) is 7.32. The van der Waals surface area contributed by atoms with E-state index in [-0.39, 0.29) is 11.7 Å². The van der Waals surface area contributed by atoms with Gasteiger partial charge in [0.05, 0.1) is 0 Å². The van der Waals surface area contributed by atoms with Crippen molar-refractivity contribution < 1.29 is 13.7 Å². The lowest BCUT2D eigenvalue weighted by Gasteiger charge is -2.08. The van der Waals surface area contributed by atoms with E-state index in [1.54, 1.807) is 12.1 Å². The van der Waals surface area contributed by atoms with E-state index < -0.39 is 5.76 Å². The van der Waals surface area contributed by atoms with Crippen LogP contribution >= 0.6 is 0 Å². The Morgan fingerprint density at radius 1 is 1.03 bits per heavy atom. The van der Waals surface area contributed by atoms with Crippen LogP contribution in [0.15, 0.2) is 88.3 Å². The van der Waals surface area contributed by atoms with E-state index in [1.807, 2.05) is 42.6 Å². The number of nitrogens with zero attached hydrogens (tertiary/aromatic N) is 2. The fraction of sp³-hybridized carbons (Fsp3) is 0.0417. The number of carbonyl (C=O) groups excluding carboxylic acids is 1. The van der Waals surface area contributed by atoms with Gasteiger partial charge in [-0.2, -0.15) is 0 Å². The lowest BCUT2D eigenvalue weighted by atomic mass is 10.1. The highest BCUT2D eigenvalue weighted by Gasteiger charge is 2.09. The Labute approximate surface area is 181 Å². The Balaban J connectivity index is 1.31. The maximum absolute atomic E-state index is 13.0. The molecule has 0 aliphatic rings. The highest BCUT2D eigenvalue weighted by Crippen LogP contribution is 2.23. The predicted octanol–water partition coefficient (Wildman–Crippen LogP) is 4.42. The molecule has 0 atom stereocenters. The Kier molecular flexibility index (Phi) is 4.87. The Bertz CT molecular complexity index is 1460. The van der Waals surface area contributed by atoms with Crippen LogP contribution in [0.1, 0.15) is 15.9 Å². The summed E-state index contributed by atoms with van der Waals surface area (Å²) < 4.78 is 19.7. The van der Waals surface area contributed by atoms with Crippen molar-refractivity contribution >= 4 is 22.5 Å². The van der Waals surface area contributed by atoms with Gasteiger partial charge in [-0.15, -0.1) is 0 Å². The SMILES string of the molecule is O=C(Nc1ccc(F)cc1)c1ccc(Cn2ccc3cc(-c4noc(=O)[nH]4)ccc32)cc1. The molecule has 2 N–H and O–H groups in total. The van der Waals surface area contributed by atoms with Crippen molar-refractivity contribution in [3.05, 3.63) is 106 Å². The first-order valence-corrected chi connectivity index (χ1v) is 9.86. The number of benzene rings is 3. The first kappa shape index (κ1) is 19.5. The molecule has 0 bridgehead atoms. The summed E-state index contributed by atoms with van der Waals surface area (Å²) in [6.45, 7) is 0.628. The molecule has 5 aromatic rings. The largest absolute Gasteiger partial charge is 0.439 e. The monoisotopic (exact) mass is 428 g/mol. The molecule has 3 aromatic carbocycles. The molecule has 0 aliphatic heterocycles. The molecular weight excluding hydrogens is 411 g/mol. The molecule has 7 nitrogen and oxygen atoms in total. The van der Waals surface area contributed by atoms with Gasteiger partial charge < -0.3 is 9.88 Å². The quantitative estimate of drug-likeness (QED) is 0.433. The van der Waals surface area contributed by atoms with Gasteiger partial charge in [0, 0.05) is 40.5 Å². The number of carbonyl (C=O) groups is 1. The molecule has 5 rings (SSSR count). The van der Waals surface area contributed by atoms with Gasteiger partial charge in [-0.25, -0.2) is 9.18 Å². The number of halogens is 1. The predicted molar refractivity (Wildman–Crippen MR) is 118 cm³/mol. The number of H-pyrrole nitrogens is 1. The summed E-state index contributed by atoms with van der Waals surface area (Å²) >= 11 is 0. The summed E-state index contributed by atoms with van der Waals surface area (Å²) in [6.07, 6.45) is 1.98. The van der Waals surface area contributed by atoms with Crippen LogP contribution in [-0.4, -0.2) is 20.6 Å². The van der Waals surface area contributed by atoms with Gasteiger partial charge in [0.15, 0.2) is 5.82 Å². The lowest BCUT2D eigenvalue weighted by molar-refractivity contribution is 0.102. The molecule has 8 heteroatoms. The van der Waals surface area contributed by atoms with E-state index >= 15 is 0 Å². The van der Waals surface area contributed by atoms with Crippen LogP contribution < -0.4 is 11.1 Å².